The quantitative estimate of drug-likeness (QED) is 0.609. The number of rotatable bonds is 1. The molecule has 0 aromatic heterocycles. The lowest BCUT2D eigenvalue weighted by Crippen LogP contribution is -2.02. The third-order valence-corrected chi connectivity index (χ3v) is 4.15. The summed E-state index contributed by atoms with van der Waals surface area (Å²) in [5, 5.41) is 0. The average molecular weight is 214 g/mol. The van der Waals surface area contributed by atoms with Crippen molar-refractivity contribution in [3.05, 3.63) is 45.5 Å². The van der Waals surface area contributed by atoms with E-state index in [-0.39, 0.29) is 0 Å². The van der Waals surface area contributed by atoms with Crippen molar-refractivity contribution in [1.82, 2.24) is 0 Å². The first kappa shape index (κ1) is 11.4. The molecule has 0 saturated carbocycles. The topological polar surface area (TPSA) is 0 Å². The monoisotopic (exact) mass is 214 g/mol. The summed E-state index contributed by atoms with van der Waals surface area (Å²) < 4.78 is 0. The van der Waals surface area contributed by atoms with E-state index >= 15 is 0 Å². The molecule has 0 fully saturated rings. The summed E-state index contributed by atoms with van der Waals surface area (Å²) in [5.74, 6) is 0.751. The Morgan fingerprint density at radius 1 is 0.938 bits per heavy atom. The molecular weight excluding hydrogens is 192 g/mol. The summed E-state index contributed by atoms with van der Waals surface area (Å²) in [4.78, 5) is 0. The van der Waals surface area contributed by atoms with Crippen molar-refractivity contribution in [1.29, 1.82) is 0 Å². The first-order valence-electron chi connectivity index (χ1n) is 6.22. The fourth-order valence-electron chi connectivity index (χ4n) is 2.63. The summed E-state index contributed by atoms with van der Waals surface area (Å²) in [6, 6.07) is 4.78. The molecule has 0 spiro atoms. The second-order valence-electron chi connectivity index (χ2n) is 5.49. The summed E-state index contributed by atoms with van der Waals surface area (Å²) in [6.07, 6.45) is 2.49. The van der Waals surface area contributed by atoms with Gasteiger partial charge in [0, 0.05) is 0 Å². The van der Waals surface area contributed by atoms with E-state index < -0.39 is 0 Å². The van der Waals surface area contributed by atoms with Crippen LogP contribution in [0.2, 0.25) is 0 Å². The van der Waals surface area contributed by atoms with Crippen LogP contribution in [0.4, 0.5) is 0 Å². The van der Waals surface area contributed by atoms with Gasteiger partial charge in [-0.2, -0.15) is 0 Å². The SMILES string of the molecule is CC(C)=C(C)C1Cc2cc(C)c(C)cc2C1. The predicted octanol–water partition coefficient (Wildman–Crippen LogP) is 4.37. The minimum atomic E-state index is 0.751. The largest absolute Gasteiger partial charge is 0.0772 e. The molecule has 0 saturated heterocycles. The molecule has 0 unspecified atom stereocenters. The van der Waals surface area contributed by atoms with Gasteiger partial charge in [-0.15, -0.1) is 0 Å². The molecule has 0 aliphatic heterocycles. The smallest absolute Gasteiger partial charge is 0.0122 e. The molecule has 0 N–H and O–H groups in total. The summed E-state index contributed by atoms with van der Waals surface area (Å²) in [7, 11) is 0. The van der Waals surface area contributed by atoms with Gasteiger partial charge in [0.25, 0.3) is 0 Å². The van der Waals surface area contributed by atoms with Crippen LogP contribution in [0.15, 0.2) is 23.3 Å². The van der Waals surface area contributed by atoms with E-state index in [4.69, 9.17) is 0 Å². The molecular formula is C16H22. The highest BCUT2D eigenvalue weighted by Crippen LogP contribution is 2.33. The first-order chi connectivity index (χ1) is 7.49. The maximum atomic E-state index is 2.39. The van der Waals surface area contributed by atoms with Crippen molar-refractivity contribution in [2.45, 2.75) is 47.5 Å². The zero-order chi connectivity index (χ0) is 11.9. The Bertz CT molecular complexity index is 414. The zero-order valence-corrected chi connectivity index (χ0v) is 11.1. The maximum Gasteiger partial charge on any atom is -0.0122 e. The molecule has 0 heterocycles. The Morgan fingerprint density at radius 3 is 1.75 bits per heavy atom. The van der Waals surface area contributed by atoms with Crippen LogP contribution in [0.25, 0.3) is 0 Å². The molecule has 1 aromatic rings. The molecule has 0 atom stereocenters. The fourth-order valence-corrected chi connectivity index (χ4v) is 2.63. The second kappa shape index (κ2) is 4.08. The van der Waals surface area contributed by atoms with E-state index in [0.29, 0.717) is 0 Å². The van der Waals surface area contributed by atoms with Gasteiger partial charge in [0.2, 0.25) is 0 Å². The molecule has 0 radical (unpaired) electrons. The van der Waals surface area contributed by atoms with Gasteiger partial charge in [0.15, 0.2) is 0 Å². The molecule has 0 heteroatoms. The molecule has 1 aliphatic rings. The van der Waals surface area contributed by atoms with Crippen LogP contribution in [-0.4, -0.2) is 0 Å². The number of allylic oxidation sites excluding steroid dienone is 2. The first-order valence-corrected chi connectivity index (χ1v) is 6.22. The molecule has 0 nitrogen and oxygen atoms in total. The summed E-state index contributed by atoms with van der Waals surface area (Å²) >= 11 is 0. The van der Waals surface area contributed by atoms with Crippen molar-refractivity contribution in [2.75, 3.05) is 0 Å². The number of aryl methyl sites for hydroxylation is 2. The lowest BCUT2D eigenvalue weighted by Gasteiger charge is -2.11. The molecule has 16 heavy (non-hydrogen) atoms. The van der Waals surface area contributed by atoms with Gasteiger partial charge < -0.3 is 0 Å². The Kier molecular flexibility index (Phi) is 2.92. The van der Waals surface area contributed by atoms with Crippen molar-refractivity contribution < 1.29 is 0 Å². The fraction of sp³-hybridized carbons (Fsp3) is 0.500. The lowest BCUT2D eigenvalue weighted by molar-refractivity contribution is 0.650. The number of hydrogen-bond donors (Lipinski definition) is 0. The van der Waals surface area contributed by atoms with Crippen LogP contribution in [0, 0.1) is 19.8 Å². The Morgan fingerprint density at radius 2 is 1.38 bits per heavy atom. The van der Waals surface area contributed by atoms with Crippen molar-refractivity contribution in [3.63, 3.8) is 0 Å². The molecule has 2 rings (SSSR count). The van der Waals surface area contributed by atoms with Gasteiger partial charge in [-0.3, -0.25) is 0 Å². The van der Waals surface area contributed by atoms with E-state index in [1.807, 2.05) is 0 Å². The third kappa shape index (κ3) is 1.93. The van der Waals surface area contributed by atoms with E-state index in [1.54, 1.807) is 16.7 Å². The highest BCUT2D eigenvalue weighted by Gasteiger charge is 2.23. The van der Waals surface area contributed by atoms with Crippen molar-refractivity contribution in [2.24, 2.45) is 5.92 Å². The minimum Gasteiger partial charge on any atom is -0.0772 e. The van der Waals surface area contributed by atoms with Crippen LogP contribution in [0.5, 0.6) is 0 Å². The standard InChI is InChI=1S/C16H22/c1-10(2)13(5)14-8-15-6-11(3)12(4)7-16(15)9-14/h6-7,14H,8-9H2,1-5H3. The molecule has 1 aliphatic carbocycles. The Balaban J connectivity index is 2.32. The third-order valence-electron chi connectivity index (χ3n) is 4.15. The second-order valence-corrected chi connectivity index (χ2v) is 5.49. The van der Waals surface area contributed by atoms with Crippen LogP contribution in [-0.2, 0) is 12.8 Å². The van der Waals surface area contributed by atoms with E-state index in [0.717, 1.165) is 5.92 Å². The average Bonchev–Trinajstić information content (AvgIpc) is 2.60. The Labute approximate surface area is 99.4 Å². The summed E-state index contributed by atoms with van der Waals surface area (Å²) in [6.45, 7) is 11.2. The Hall–Kier alpha value is -1.04. The number of fused-ring (bicyclic) bond motifs is 1. The van der Waals surface area contributed by atoms with E-state index in [1.165, 1.54) is 29.5 Å². The normalized spacial score (nSPS) is 15.1. The van der Waals surface area contributed by atoms with Gasteiger partial charge in [0.1, 0.15) is 0 Å². The zero-order valence-electron chi connectivity index (χ0n) is 11.1. The van der Waals surface area contributed by atoms with E-state index in [2.05, 4.69) is 46.8 Å². The van der Waals surface area contributed by atoms with Gasteiger partial charge >= 0.3 is 0 Å². The van der Waals surface area contributed by atoms with Gasteiger partial charge in [-0.25, -0.2) is 0 Å². The van der Waals surface area contributed by atoms with Crippen molar-refractivity contribution in [3.8, 4) is 0 Å². The van der Waals surface area contributed by atoms with Crippen LogP contribution < -0.4 is 0 Å². The van der Waals surface area contributed by atoms with Gasteiger partial charge in [-0.1, -0.05) is 23.3 Å². The molecule has 0 amide bonds. The highest BCUT2D eigenvalue weighted by atomic mass is 14.3. The van der Waals surface area contributed by atoms with Crippen LogP contribution in [0.1, 0.15) is 43.0 Å². The van der Waals surface area contributed by atoms with Crippen molar-refractivity contribution >= 4 is 0 Å². The molecule has 0 bridgehead atoms. The van der Waals surface area contributed by atoms with E-state index in [9.17, 15) is 0 Å². The highest BCUT2D eigenvalue weighted by molar-refractivity contribution is 5.42. The predicted molar refractivity (Wildman–Crippen MR) is 70.9 cm³/mol. The number of hydrogen-bond acceptors (Lipinski definition) is 0. The summed E-state index contributed by atoms with van der Waals surface area (Å²) in [5.41, 5.74) is 9.11. The van der Waals surface area contributed by atoms with Gasteiger partial charge in [-0.05, 0) is 75.6 Å². The lowest BCUT2D eigenvalue weighted by atomic mass is 9.94. The number of benzene rings is 1. The minimum absolute atomic E-state index is 0.751. The molecule has 86 valence electrons. The molecule has 1 aromatic carbocycles. The van der Waals surface area contributed by atoms with Crippen LogP contribution in [0.3, 0.4) is 0 Å². The maximum absolute atomic E-state index is 2.39. The van der Waals surface area contributed by atoms with Crippen LogP contribution >= 0.6 is 0 Å². The van der Waals surface area contributed by atoms with Gasteiger partial charge in [0.05, 0.1) is 0 Å².